The maximum Gasteiger partial charge on any atom is 0.472 e. The topological polar surface area (TPSA) is 237 Å². The number of ether oxygens (including phenoxy) is 4. The summed E-state index contributed by atoms with van der Waals surface area (Å²) >= 11 is 0. The minimum absolute atomic E-state index is 0.0366. The van der Waals surface area contributed by atoms with Crippen molar-refractivity contribution in [2.24, 2.45) is 0 Å². The molecule has 0 rings (SSSR count). The summed E-state index contributed by atoms with van der Waals surface area (Å²) < 4.78 is 68.4. The van der Waals surface area contributed by atoms with Gasteiger partial charge in [0.2, 0.25) is 0 Å². The molecule has 0 saturated heterocycles. The van der Waals surface area contributed by atoms with Gasteiger partial charge in [-0.05, 0) is 141 Å². The zero-order valence-electron chi connectivity index (χ0n) is 63.1. The van der Waals surface area contributed by atoms with Gasteiger partial charge >= 0.3 is 39.5 Å². The monoisotopic (exact) mass is 1450 g/mol. The highest BCUT2D eigenvalue weighted by Crippen LogP contribution is 2.45. The third kappa shape index (κ3) is 72.3. The lowest BCUT2D eigenvalue weighted by Gasteiger charge is -2.21. The van der Waals surface area contributed by atoms with Gasteiger partial charge in [-0.15, -0.1) is 0 Å². The second kappa shape index (κ2) is 73.3. The van der Waals surface area contributed by atoms with Crippen LogP contribution in [0.3, 0.4) is 0 Å². The predicted molar refractivity (Wildman–Crippen MR) is 409 cm³/mol. The molecular weight excluding hydrogens is 1310 g/mol. The molecule has 0 aromatic heterocycles. The summed E-state index contributed by atoms with van der Waals surface area (Å²) in [6, 6.07) is 0. The molecule has 0 amide bonds. The van der Waals surface area contributed by atoms with Gasteiger partial charge in [-0.3, -0.25) is 37.3 Å². The Labute approximate surface area is 607 Å². The first kappa shape index (κ1) is 96.0. The highest BCUT2D eigenvalue weighted by Gasteiger charge is 2.30. The zero-order valence-corrected chi connectivity index (χ0v) is 64.9. The van der Waals surface area contributed by atoms with Gasteiger partial charge in [0.1, 0.15) is 19.3 Å². The molecule has 0 aromatic carbocycles. The normalized spacial score (nSPS) is 14.4. The van der Waals surface area contributed by atoms with Gasteiger partial charge in [0.15, 0.2) is 12.2 Å². The Kier molecular flexibility index (Phi) is 70.4. The minimum Gasteiger partial charge on any atom is -0.462 e. The summed E-state index contributed by atoms with van der Waals surface area (Å²) in [5, 5.41) is 10.6. The summed E-state index contributed by atoms with van der Waals surface area (Å²) in [6.07, 6.45) is 76.9. The van der Waals surface area contributed by atoms with Crippen molar-refractivity contribution in [1.29, 1.82) is 0 Å². The zero-order chi connectivity index (χ0) is 73.2. The van der Waals surface area contributed by atoms with Crippen LogP contribution in [0.2, 0.25) is 0 Å². The van der Waals surface area contributed by atoms with Gasteiger partial charge in [-0.1, -0.05) is 266 Å². The van der Waals surface area contributed by atoms with Crippen molar-refractivity contribution in [3.63, 3.8) is 0 Å². The Morgan fingerprint density at radius 3 is 0.850 bits per heavy atom. The molecule has 0 aliphatic rings. The number of aliphatic hydroxyl groups is 1. The number of rotatable bonds is 74. The van der Waals surface area contributed by atoms with E-state index in [1.807, 2.05) is 12.2 Å². The quantitative estimate of drug-likeness (QED) is 0.0169. The fourth-order valence-electron chi connectivity index (χ4n) is 10.4. The average Bonchev–Trinajstić information content (AvgIpc) is 0.935. The van der Waals surface area contributed by atoms with E-state index in [0.29, 0.717) is 32.1 Å². The predicted octanol–water partition coefficient (Wildman–Crippen LogP) is 22.8. The van der Waals surface area contributed by atoms with E-state index in [-0.39, 0.29) is 25.7 Å². The van der Waals surface area contributed by atoms with E-state index in [1.165, 1.54) is 109 Å². The SMILES string of the molecule is CCCCC/C=C\C/C=C\C/C=C\C/C=C\C/C=C\CCC(=O)OC[C@H](COP(=O)(O)OC[C@@H](O)COP(=O)(O)OC[C@@H](COC(=O)CCCCCCC/C=C\CCCCCCCC)OC(=O)CCCCCCC/C=C\CCCCCC)OC(=O)CCCCCCC/C=C\CCCCCC. The Bertz CT molecular complexity index is 2270. The third-order valence-corrected chi connectivity index (χ3v) is 18.4. The van der Waals surface area contributed by atoms with Crippen molar-refractivity contribution in [3.8, 4) is 0 Å². The Hall–Kier alpha value is -4.02. The summed E-state index contributed by atoms with van der Waals surface area (Å²) in [4.78, 5) is 72.9. The molecule has 0 fully saturated rings. The van der Waals surface area contributed by atoms with Crippen LogP contribution in [0.5, 0.6) is 0 Å². The molecular formula is C81H142O17P2. The van der Waals surface area contributed by atoms with E-state index in [2.05, 4.69) is 113 Å². The molecule has 0 aromatic rings. The largest absolute Gasteiger partial charge is 0.472 e. The van der Waals surface area contributed by atoms with Crippen LogP contribution in [0.4, 0.5) is 0 Å². The molecule has 17 nitrogen and oxygen atoms in total. The Morgan fingerprint density at radius 1 is 0.280 bits per heavy atom. The Balaban J connectivity index is 5.40. The van der Waals surface area contributed by atoms with Crippen LogP contribution in [0.25, 0.3) is 0 Å². The van der Waals surface area contributed by atoms with E-state index in [9.17, 15) is 43.2 Å². The third-order valence-electron chi connectivity index (χ3n) is 16.5. The van der Waals surface area contributed by atoms with Gasteiger partial charge in [-0.25, -0.2) is 9.13 Å². The number of unbranched alkanes of at least 4 members (excludes halogenated alkanes) is 32. The number of carbonyl (C=O) groups excluding carboxylic acids is 4. The number of hydrogen-bond donors (Lipinski definition) is 3. The molecule has 0 radical (unpaired) electrons. The van der Waals surface area contributed by atoms with E-state index >= 15 is 0 Å². The van der Waals surface area contributed by atoms with Crippen molar-refractivity contribution >= 4 is 39.5 Å². The number of hydrogen-bond acceptors (Lipinski definition) is 15. The van der Waals surface area contributed by atoms with E-state index in [1.54, 1.807) is 0 Å². The van der Waals surface area contributed by atoms with Crippen molar-refractivity contribution in [1.82, 2.24) is 0 Å². The molecule has 0 saturated carbocycles. The smallest absolute Gasteiger partial charge is 0.462 e. The summed E-state index contributed by atoms with van der Waals surface area (Å²) in [5.74, 6) is -2.29. The first-order valence-corrected chi connectivity index (χ1v) is 42.5. The van der Waals surface area contributed by atoms with Crippen LogP contribution in [-0.4, -0.2) is 96.7 Å². The average molecular weight is 1450 g/mol. The maximum absolute atomic E-state index is 13.1. The van der Waals surface area contributed by atoms with E-state index < -0.39 is 97.5 Å². The fourth-order valence-corrected chi connectivity index (χ4v) is 12.0. The number of phosphoric acid groups is 2. The number of esters is 4. The van der Waals surface area contributed by atoms with Crippen LogP contribution < -0.4 is 0 Å². The molecule has 578 valence electrons. The minimum atomic E-state index is -4.99. The lowest BCUT2D eigenvalue weighted by molar-refractivity contribution is -0.161. The van der Waals surface area contributed by atoms with Crippen molar-refractivity contribution in [3.05, 3.63) is 97.2 Å². The number of aliphatic hydroxyl groups excluding tert-OH is 1. The standard InChI is InChI=1S/C81H142O17P2/c1-5-9-13-17-21-25-29-33-35-36-37-38-40-44-46-50-54-58-62-66-79(84)92-72-77(98-81(86)68-64-60-56-52-48-42-32-28-24-20-16-12-8-4)74-96-100(89,90)94-70-75(82)69-93-99(87,88)95-73-76(97-80(85)67-63-59-55-51-47-41-31-27-23-19-15-11-7-3)71-91-78(83)65-61-57-53-49-45-43-39-34-30-26-22-18-14-10-6-2/h21,25,27-28,31-35,37-39,44,46,54,58,75-77,82H,5-20,22-24,26,29-30,36,40-43,45,47-53,55-57,59-74H2,1-4H3,(H,87,88)(H,89,90)/b25-21-,31-27-,32-28-,35-33-,38-37-,39-34-,46-44-,58-54-/t75-,76+,77+/m0/s1. The van der Waals surface area contributed by atoms with Gasteiger partial charge in [-0.2, -0.15) is 0 Å². The van der Waals surface area contributed by atoms with Crippen LogP contribution >= 0.6 is 15.6 Å². The highest BCUT2D eigenvalue weighted by atomic mass is 31.2. The molecule has 2 unspecified atom stereocenters. The first-order chi connectivity index (χ1) is 48.7. The van der Waals surface area contributed by atoms with Gasteiger partial charge in [0.05, 0.1) is 26.4 Å². The van der Waals surface area contributed by atoms with Crippen LogP contribution in [0, 0.1) is 0 Å². The number of phosphoric ester groups is 2. The van der Waals surface area contributed by atoms with Crippen LogP contribution in [0.1, 0.15) is 336 Å². The molecule has 0 aliphatic heterocycles. The summed E-state index contributed by atoms with van der Waals surface area (Å²) in [6.45, 7) is 4.72. The van der Waals surface area contributed by atoms with Crippen molar-refractivity contribution in [2.75, 3.05) is 39.6 Å². The fraction of sp³-hybridized carbons (Fsp3) is 0.753. The lowest BCUT2D eigenvalue weighted by Crippen LogP contribution is -2.30. The molecule has 19 heteroatoms. The molecule has 0 heterocycles. The molecule has 3 N–H and O–H groups in total. The number of carbonyl (C=O) groups is 4. The molecule has 5 atom stereocenters. The van der Waals surface area contributed by atoms with E-state index in [4.69, 9.17) is 37.0 Å². The first-order valence-electron chi connectivity index (χ1n) is 39.5. The molecule has 100 heavy (non-hydrogen) atoms. The number of allylic oxidation sites excluding steroid dienone is 16. The molecule has 0 bridgehead atoms. The molecule has 0 aliphatic carbocycles. The van der Waals surface area contributed by atoms with Crippen molar-refractivity contribution < 1.29 is 80.2 Å². The Morgan fingerprint density at radius 2 is 0.510 bits per heavy atom. The van der Waals surface area contributed by atoms with Crippen LogP contribution in [0.15, 0.2) is 97.2 Å². The van der Waals surface area contributed by atoms with Crippen molar-refractivity contribution in [2.45, 2.75) is 354 Å². The van der Waals surface area contributed by atoms with Gasteiger partial charge < -0.3 is 33.8 Å². The second-order valence-corrected chi connectivity index (χ2v) is 29.2. The molecule has 0 spiro atoms. The lowest BCUT2D eigenvalue weighted by atomic mass is 10.1. The van der Waals surface area contributed by atoms with Gasteiger partial charge in [0.25, 0.3) is 0 Å². The summed E-state index contributed by atoms with van der Waals surface area (Å²) in [7, 11) is -9.97. The summed E-state index contributed by atoms with van der Waals surface area (Å²) in [5.41, 5.74) is 0. The van der Waals surface area contributed by atoms with Crippen LogP contribution in [-0.2, 0) is 65.4 Å². The van der Waals surface area contributed by atoms with E-state index in [0.717, 1.165) is 141 Å². The van der Waals surface area contributed by atoms with Gasteiger partial charge in [0, 0.05) is 25.7 Å². The highest BCUT2D eigenvalue weighted by molar-refractivity contribution is 7.47. The second-order valence-electron chi connectivity index (χ2n) is 26.3. The maximum atomic E-state index is 13.1.